The molecule has 47 heavy (non-hydrogen) atoms. The first-order chi connectivity index (χ1) is 22.0. The van der Waals surface area contributed by atoms with Gasteiger partial charge in [-0.1, -0.05) is 18.3 Å². The van der Waals surface area contributed by atoms with Crippen LogP contribution in [-0.2, 0) is 15.9 Å². The number of benzene rings is 2. The van der Waals surface area contributed by atoms with Crippen LogP contribution in [-0.4, -0.2) is 68.4 Å². The Morgan fingerprint density at radius 2 is 1.62 bits per heavy atom. The van der Waals surface area contributed by atoms with Crippen LogP contribution in [0.4, 0.5) is 33.7 Å². The van der Waals surface area contributed by atoms with E-state index in [1.165, 1.54) is 12.1 Å². The Labute approximate surface area is 274 Å². The summed E-state index contributed by atoms with van der Waals surface area (Å²) in [5, 5.41) is 2.94. The molecule has 2 aromatic carbocycles. The smallest absolute Gasteiger partial charge is 0.413 e. The summed E-state index contributed by atoms with van der Waals surface area (Å²) in [5.41, 5.74) is -0.544. The lowest BCUT2D eigenvalue weighted by molar-refractivity contribution is 0.0122. The second-order valence-electron chi connectivity index (χ2n) is 13.9. The Morgan fingerprint density at radius 1 is 0.957 bits per heavy atom. The molecular weight excluding hydrogens is 633 g/mol. The zero-order chi connectivity index (χ0) is 34.0. The molecule has 250 valence electrons. The average Bonchev–Trinajstić information content (AvgIpc) is 3.50. The van der Waals surface area contributed by atoms with Crippen molar-refractivity contribution in [2.75, 3.05) is 23.3 Å². The molecule has 4 heterocycles. The van der Waals surface area contributed by atoms with E-state index in [1.54, 1.807) is 31.7 Å². The number of fused-ring (bicyclic) bond motifs is 4. The number of hydrogen-bond acceptors (Lipinski definition) is 9. The predicted molar refractivity (Wildman–Crippen MR) is 174 cm³/mol. The lowest BCUT2D eigenvalue weighted by atomic mass is 9.94. The molecule has 2 bridgehead atoms. The van der Waals surface area contributed by atoms with E-state index < -0.39 is 35.0 Å². The van der Waals surface area contributed by atoms with Crippen molar-refractivity contribution in [3.63, 3.8) is 0 Å². The number of amides is 2. The normalized spacial score (nSPS) is 18.3. The van der Waals surface area contributed by atoms with Gasteiger partial charge in [0.05, 0.1) is 22.3 Å². The van der Waals surface area contributed by atoms with E-state index in [-0.39, 0.29) is 56.0 Å². The Morgan fingerprint density at radius 3 is 2.23 bits per heavy atom. The van der Waals surface area contributed by atoms with Crippen molar-refractivity contribution in [1.29, 1.82) is 0 Å². The molecule has 0 saturated carbocycles. The maximum absolute atomic E-state index is 16.7. The first kappa shape index (κ1) is 32.7. The first-order valence-corrected chi connectivity index (χ1v) is 16.4. The standard InChI is InChI=1S/C33H37F3N6O4S/c1-8-16-13-20-24(37-28(36)39-27(20)41-14-17-9-10-18(15-41)42(17)31(44)46-33(5,6)7)23(35)22(16)19-11-12-21(34)26-25(19)38-29(47-26)40-30(43)45-32(2,3)4/h11-13,17-18H,8-10,14-15H2,1-7H3,(H,38,40,43). The van der Waals surface area contributed by atoms with Crippen LogP contribution in [0.2, 0.25) is 0 Å². The summed E-state index contributed by atoms with van der Waals surface area (Å²) in [5.74, 6) is -1.14. The number of carbonyl (C=O) groups excluding carboxylic acids is 2. The molecule has 4 aromatic rings. The van der Waals surface area contributed by atoms with Crippen molar-refractivity contribution >= 4 is 55.6 Å². The summed E-state index contributed by atoms with van der Waals surface area (Å²) >= 11 is 0.895. The van der Waals surface area contributed by atoms with Crippen molar-refractivity contribution in [3.8, 4) is 11.1 Å². The summed E-state index contributed by atoms with van der Waals surface area (Å²) in [4.78, 5) is 41.5. The van der Waals surface area contributed by atoms with Gasteiger partial charge >= 0.3 is 18.3 Å². The number of carbonyl (C=O) groups is 2. The number of thiazole rings is 1. The number of halogens is 3. The maximum Gasteiger partial charge on any atom is 0.413 e. The fourth-order valence-corrected chi connectivity index (χ4v) is 7.24. The minimum absolute atomic E-state index is 0.0793. The van der Waals surface area contributed by atoms with Crippen molar-refractivity contribution in [2.45, 2.75) is 91.0 Å². The van der Waals surface area contributed by atoms with E-state index >= 15 is 13.2 Å². The minimum atomic E-state index is -1.09. The summed E-state index contributed by atoms with van der Waals surface area (Å²) in [7, 11) is 0. The van der Waals surface area contributed by atoms with Gasteiger partial charge in [0.1, 0.15) is 28.4 Å². The Hall–Kier alpha value is -4.20. The van der Waals surface area contributed by atoms with Gasteiger partial charge in [0.15, 0.2) is 10.9 Å². The molecule has 6 rings (SSSR count). The molecule has 2 aliphatic heterocycles. The summed E-state index contributed by atoms with van der Waals surface area (Å²) in [6.45, 7) is 13.2. The molecule has 2 atom stereocenters. The molecule has 14 heteroatoms. The van der Waals surface area contributed by atoms with E-state index in [1.807, 2.05) is 32.6 Å². The third-order valence-corrected chi connectivity index (χ3v) is 9.08. The number of anilines is 2. The van der Waals surface area contributed by atoms with Crippen LogP contribution in [0.25, 0.3) is 32.2 Å². The summed E-state index contributed by atoms with van der Waals surface area (Å²) < 4.78 is 57.8. The van der Waals surface area contributed by atoms with Crippen LogP contribution in [0.1, 0.15) is 66.9 Å². The van der Waals surface area contributed by atoms with Crippen molar-refractivity contribution in [1.82, 2.24) is 19.9 Å². The van der Waals surface area contributed by atoms with E-state index in [9.17, 15) is 9.59 Å². The second kappa shape index (κ2) is 11.8. The molecule has 1 N–H and O–H groups in total. The first-order valence-electron chi connectivity index (χ1n) is 15.6. The van der Waals surface area contributed by atoms with Gasteiger partial charge in [-0.3, -0.25) is 10.2 Å². The largest absolute Gasteiger partial charge is 0.444 e. The highest BCUT2D eigenvalue weighted by Crippen LogP contribution is 2.42. The number of piperazine rings is 1. The molecule has 2 aromatic heterocycles. The van der Waals surface area contributed by atoms with Gasteiger partial charge in [0, 0.05) is 29.6 Å². The molecule has 2 fully saturated rings. The van der Waals surface area contributed by atoms with E-state index in [2.05, 4.69) is 20.3 Å². The lowest BCUT2D eigenvalue weighted by Crippen LogP contribution is -2.57. The molecule has 0 aliphatic carbocycles. The Bertz CT molecular complexity index is 1890. The molecule has 2 saturated heterocycles. The van der Waals surface area contributed by atoms with Gasteiger partial charge in [-0.2, -0.15) is 14.4 Å². The van der Waals surface area contributed by atoms with Crippen LogP contribution >= 0.6 is 11.3 Å². The van der Waals surface area contributed by atoms with Gasteiger partial charge in [0.2, 0.25) is 0 Å². The number of hydrogen-bond donors (Lipinski definition) is 1. The maximum atomic E-state index is 16.7. The zero-order valence-corrected chi connectivity index (χ0v) is 28.1. The molecule has 10 nitrogen and oxygen atoms in total. The van der Waals surface area contributed by atoms with Gasteiger partial charge in [-0.15, -0.1) is 0 Å². The highest BCUT2D eigenvalue weighted by Gasteiger charge is 2.45. The van der Waals surface area contributed by atoms with E-state index in [0.29, 0.717) is 30.5 Å². The second-order valence-corrected chi connectivity index (χ2v) is 14.9. The number of nitrogens with one attached hydrogen (secondary N) is 1. The van der Waals surface area contributed by atoms with E-state index in [4.69, 9.17) is 9.47 Å². The van der Waals surface area contributed by atoms with Crippen LogP contribution < -0.4 is 10.2 Å². The lowest BCUT2D eigenvalue weighted by Gasteiger charge is -2.42. The topological polar surface area (TPSA) is 110 Å². The van der Waals surface area contributed by atoms with Crippen molar-refractivity contribution in [3.05, 3.63) is 41.5 Å². The molecule has 2 amide bonds. The van der Waals surface area contributed by atoms with Crippen molar-refractivity contribution < 1.29 is 32.2 Å². The zero-order valence-electron chi connectivity index (χ0n) is 27.3. The molecule has 0 radical (unpaired) electrons. The fourth-order valence-electron chi connectivity index (χ4n) is 6.36. The molecular formula is C33H37F3N6O4S. The molecule has 2 aliphatic rings. The Kier molecular flexibility index (Phi) is 8.22. The van der Waals surface area contributed by atoms with Gasteiger partial charge in [-0.05, 0) is 84.6 Å². The summed E-state index contributed by atoms with van der Waals surface area (Å²) in [6, 6.07) is 4.03. The predicted octanol–water partition coefficient (Wildman–Crippen LogP) is 7.82. The number of aryl methyl sites for hydroxylation is 1. The van der Waals surface area contributed by atoms with E-state index in [0.717, 1.165) is 24.2 Å². The Balaban J connectivity index is 1.40. The van der Waals surface area contributed by atoms with Crippen LogP contribution in [0.3, 0.4) is 0 Å². The SMILES string of the molecule is CCc1cc2c(N3CC4CCC(C3)N4C(=O)OC(C)(C)C)nc(F)nc2c(F)c1-c1ccc(F)c2sc(NC(=O)OC(C)(C)C)nc12. The third kappa shape index (κ3) is 6.39. The average molecular weight is 671 g/mol. The van der Waals surface area contributed by atoms with Crippen LogP contribution in [0.5, 0.6) is 0 Å². The van der Waals surface area contributed by atoms with Gasteiger partial charge in [-0.25, -0.2) is 23.4 Å². The highest BCUT2D eigenvalue weighted by molar-refractivity contribution is 7.22. The number of ether oxygens (including phenoxy) is 2. The minimum Gasteiger partial charge on any atom is -0.444 e. The third-order valence-electron chi connectivity index (χ3n) is 8.10. The quantitative estimate of drug-likeness (QED) is 0.219. The van der Waals surface area contributed by atoms with Gasteiger partial charge in [0.25, 0.3) is 0 Å². The van der Waals surface area contributed by atoms with Gasteiger partial charge < -0.3 is 14.4 Å². The fraction of sp³-hybridized carbons (Fsp3) is 0.485. The highest BCUT2D eigenvalue weighted by atomic mass is 32.1. The van der Waals surface area contributed by atoms with Crippen LogP contribution in [0.15, 0.2) is 18.2 Å². The molecule has 0 spiro atoms. The molecule has 2 unspecified atom stereocenters. The summed E-state index contributed by atoms with van der Waals surface area (Å²) in [6.07, 6.45) is -0.352. The van der Waals surface area contributed by atoms with Crippen molar-refractivity contribution in [2.24, 2.45) is 0 Å². The van der Waals surface area contributed by atoms with Crippen LogP contribution in [0, 0.1) is 17.7 Å². The number of nitrogens with zero attached hydrogens (tertiary/aromatic N) is 5. The monoisotopic (exact) mass is 670 g/mol. The number of rotatable bonds is 4. The number of aromatic nitrogens is 3.